The number of ether oxygens (including phenoxy) is 1. The first-order valence-electron chi connectivity index (χ1n) is 3.24. The smallest absolute Gasteiger partial charge is 0.259 e. The Morgan fingerprint density at radius 2 is 2.30 bits per heavy atom. The van der Waals surface area contributed by atoms with E-state index in [-0.39, 0.29) is 12.5 Å². The molecule has 0 atom stereocenters. The lowest BCUT2D eigenvalue weighted by molar-refractivity contribution is -0.126. The molecule has 3 N–H and O–H groups in total. The molecular formula is C6H14N2O2. The molecule has 0 aliphatic heterocycles. The van der Waals surface area contributed by atoms with Crippen molar-refractivity contribution in [2.24, 2.45) is 11.8 Å². The third-order valence-electron chi connectivity index (χ3n) is 0.845. The van der Waals surface area contributed by atoms with Gasteiger partial charge >= 0.3 is 0 Å². The van der Waals surface area contributed by atoms with Crippen molar-refractivity contribution in [1.82, 2.24) is 5.43 Å². The Hall–Kier alpha value is -0.610. The molecule has 0 saturated carbocycles. The molecule has 1 amide bonds. The van der Waals surface area contributed by atoms with Crippen molar-refractivity contribution in [3.05, 3.63) is 0 Å². The van der Waals surface area contributed by atoms with E-state index in [9.17, 15) is 4.79 Å². The van der Waals surface area contributed by atoms with Gasteiger partial charge in [-0.15, -0.1) is 0 Å². The summed E-state index contributed by atoms with van der Waals surface area (Å²) in [5, 5.41) is 0. The van der Waals surface area contributed by atoms with E-state index in [1.165, 1.54) is 0 Å². The van der Waals surface area contributed by atoms with Gasteiger partial charge in [0.1, 0.15) is 6.61 Å². The fraction of sp³-hybridized carbons (Fsp3) is 0.833. The van der Waals surface area contributed by atoms with Crippen LogP contribution in [0.2, 0.25) is 0 Å². The molecular weight excluding hydrogens is 132 g/mol. The molecule has 0 aromatic rings. The van der Waals surface area contributed by atoms with Crippen LogP contribution in [-0.2, 0) is 9.53 Å². The molecule has 0 spiro atoms. The fourth-order valence-electron chi connectivity index (χ4n) is 0.429. The highest BCUT2D eigenvalue weighted by Crippen LogP contribution is 1.90. The van der Waals surface area contributed by atoms with Crippen molar-refractivity contribution in [3.63, 3.8) is 0 Å². The van der Waals surface area contributed by atoms with Gasteiger partial charge in [-0.1, -0.05) is 13.8 Å². The van der Waals surface area contributed by atoms with Gasteiger partial charge in [0.2, 0.25) is 0 Å². The maximum Gasteiger partial charge on any atom is 0.259 e. The summed E-state index contributed by atoms with van der Waals surface area (Å²) in [5.41, 5.74) is 1.97. The van der Waals surface area contributed by atoms with Gasteiger partial charge in [-0.05, 0) is 5.92 Å². The molecule has 0 aliphatic carbocycles. The van der Waals surface area contributed by atoms with Gasteiger partial charge in [0, 0.05) is 6.61 Å². The Labute approximate surface area is 60.7 Å². The van der Waals surface area contributed by atoms with Crippen LogP contribution in [-0.4, -0.2) is 19.1 Å². The lowest BCUT2D eigenvalue weighted by Crippen LogP contribution is -2.33. The molecule has 0 rings (SSSR count). The summed E-state index contributed by atoms with van der Waals surface area (Å²) in [5.74, 6) is 4.97. The van der Waals surface area contributed by atoms with E-state index in [2.05, 4.69) is 0 Å². The second-order valence-electron chi connectivity index (χ2n) is 2.48. The second kappa shape index (κ2) is 5.20. The molecule has 60 valence electrons. The van der Waals surface area contributed by atoms with Crippen LogP contribution in [0.5, 0.6) is 0 Å². The Morgan fingerprint density at radius 3 is 2.70 bits per heavy atom. The molecule has 0 aromatic heterocycles. The molecule has 0 fully saturated rings. The molecule has 0 saturated heterocycles. The Morgan fingerprint density at radius 1 is 1.70 bits per heavy atom. The van der Waals surface area contributed by atoms with Gasteiger partial charge in [-0.2, -0.15) is 0 Å². The summed E-state index contributed by atoms with van der Waals surface area (Å²) in [6.45, 7) is 4.67. The summed E-state index contributed by atoms with van der Waals surface area (Å²) in [4.78, 5) is 10.4. The van der Waals surface area contributed by atoms with Gasteiger partial charge in [0.25, 0.3) is 5.91 Å². The van der Waals surface area contributed by atoms with Crippen molar-refractivity contribution in [1.29, 1.82) is 0 Å². The van der Waals surface area contributed by atoms with E-state index in [4.69, 9.17) is 10.6 Å². The van der Waals surface area contributed by atoms with E-state index >= 15 is 0 Å². The minimum atomic E-state index is -0.291. The maximum absolute atomic E-state index is 10.4. The lowest BCUT2D eigenvalue weighted by atomic mass is 10.2. The number of carbonyl (C=O) groups is 1. The highest BCUT2D eigenvalue weighted by atomic mass is 16.5. The first-order valence-corrected chi connectivity index (χ1v) is 3.24. The number of nitrogens with one attached hydrogen (secondary N) is 1. The fourth-order valence-corrected chi connectivity index (χ4v) is 0.429. The van der Waals surface area contributed by atoms with Crippen LogP contribution in [0.15, 0.2) is 0 Å². The van der Waals surface area contributed by atoms with Crippen LogP contribution in [0.4, 0.5) is 0 Å². The summed E-state index contributed by atoms with van der Waals surface area (Å²) in [6.07, 6.45) is 0. The molecule has 0 aromatic carbocycles. The molecule has 0 heterocycles. The monoisotopic (exact) mass is 146 g/mol. The molecule has 0 bridgehead atoms. The maximum atomic E-state index is 10.4. The van der Waals surface area contributed by atoms with Gasteiger partial charge < -0.3 is 4.74 Å². The zero-order valence-electron chi connectivity index (χ0n) is 6.39. The first-order chi connectivity index (χ1) is 4.66. The zero-order valence-corrected chi connectivity index (χ0v) is 6.39. The van der Waals surface area contributed by atoms with E-state index in [1.54, 1.807) is 0 Å². The van der Waals surface area contributed by atoms with Crippen LogP contribution in [0, 0.1) is 5.92 Å². The predicted octanol–water partition coefficient (Wildman–Crippen LogP) is -0.351. The van der Waals surface area contributed by atoms with Crippen LogP contribution in [0.1, 0.15) is 13.8 Å². The molecule has 0 unspecified atom stereocenters. The number of rotatable bonds is 4. The minimum Gasteiger partial charge on any atom is -0.371 e. The van der Waals surface area contributed by atoms with E-state index in [0.717, 1.165) is 0 Å². The van der Waals surface area contributed by atoms with Crippen molar-refractivity contribution >= 4 is 5.91 Å². The molecule has 0 radical (unpaired) electrons. The van der Waals surface area contributed by atoms with Gasteiger partial charge in [-0.3, -0.25) is 10.2 Å². The number of nitrogens with two attached hydrogens (primary N) is 1. The van der Waals surface area contributed by atoms with Crippen LogP contribution < -0.4 is 11.3 Å². The highest BCUT2D eigenvalue weighted by Gasteiger charge is 1.98. The number of hydrogen-bond donors (Lipinski definition) is 2. The van der Waals surface area contributed by atoms with Crippen molar-refractivity contribution in [3.8, 4) is 0 Å². The summed E-state index contributed by atoms with van der Waals surface area (Å²) in [7, 11) is 0. The van der Waals surface area contributed by atoms with Gasteiger partial charge in [-0.25, -0.2) is 5.84 Å². The summed E-state index contributed by atoms with van der Waals surface area (Å²) in [6, 6.07) is 0. The highest BCUT2D eigenvalue weighted by molar-refractivity contribution is 5.76. The molecule has 10 heavy (non-hydrogen) atoms. The van der Waals surface area contributed by atoms with Crippen LogP contribution in [0.3, 0.4) is 0 Å². The normalized spacial score (nSPS) is 10.0. The number of hydrazine groups is 1. The first kappa shape index (κ1) is 9.39. The lowest BCUT2D eigenvalue weighted by Gasteiger charge is -2.04. The average Bonchev–Trinajstić information content (AvgIpc) is 1.87. The topological polar surface area (TPSA) is 64.3 Å². The number of hydrogen-bond acceptors (Lipinski definition) is 3. The van der Waals surface area contributed by atoms with Crippen molar-refractivity contribution in [2.45, 2.75) is 13.8 Å². The van der Waals surface area contributed by atoms with E-state index in [1.807, 2.05) is 19.3 Å². The quantitative estimate of drug-likeness (QED) is 0.323. The Balaban J connectivity index is 3.12. The van der Waals surface area contributed by atoms with Crippen LogP contribution >= 0.6 is 0 Å². The molecule has 4 heteroatoms. The van der Waals surface area contributed by atoms with Crippen LogP contribution in [0.25, 0.3) is 0 Å². The second-order valence-corrected chi connectivity index (χ2v) is 2.48. The Bertz CT molecular complexity index is 104. The van der Waals surface area contributed by atoms with E-state index in [0.29, 0.717) is 12.5 Å². The number of carbonyl (C=O) groups excluding carboxylic acids is 1. The zero-order chi connectivity index (χ0) is 7.98. The van der Waals surface area contributed by atoms with Crippen molar-refractivity contribution < 1.29 is 9.53 Å². The summed E-state index contributed by atoms with van der Waals surface area (Å²) < 4.78 is 4.96. The van der Waals surface area contributed by atoms with E-state index < -0.39 is 0 Å². The van der Waals surface area contributed by atoms with Gasteiger partial charge in [0.05, 0.1) is 0 Å². The van der Waals surface area contributed by atoms with Crippen molar-refractivity contribution in [2.75, 3.05) is 13.2 Å². The molecule has 0 aliphatic rings. The third-order valence-corrected chi connectivity index (χ3v) is 0.845. The predicted molar refractivity (Wildman–Crippen MR) is 38.0 cm³/mol. The molecule has 4 nitrogen and oxygen atoms in total. The SMILES string of the molecule is CC(C)COCC(=O)NN. The Kier molecular flexibility index (Phi) is 4.88. The standard InChI is InChI=1S/C6H14N2O2/c1-5(2)3-10-4-6(9)8-7/h5H,3-4,7H2,1-2H3,(H,8,9). The third kappa shape index (κ3) is 5.53. The minimum absolute atomic E-state index is 0.0503. The summed E-state index contributed by atoms with van der Waals surface area (Å²) >= 11 is 0. The largest absolute Gasteiger partial charge is 0.371 e. The number of amides is 1. The van der Waals surface area contributed by atoms with Gasteiger partial charge in [0.15, 0.2) is 0 Å². The average molecular weight is 146 g/mol.